The fourth-order valence-electron chi connectivity index (χ4n) is 2.02. The van der Waals surface area contributed by atoms with Crippen molar-refractivity contribution >= 4 is 11.8 Å². The van der Waals surface area contributed by atoms with E-state index >= 15 is 0 Å². The molecule has 17 heavy (non-hydrogen) atoms. The Morgan fingerprint density at radius 1 is 1.35 bits per heavy atom. The zero-order valence-corrected chi connectivity index (χ0v) is 11.1. The molecule has 92 valence electrons. The normalized spacial score (nSPS) is 14.8. The van der Waals surface area contributed by atoms with Gasteiger partial charge in [0.15, 0.2) is 0 Å². The molecule has 0 saturated heterocycles. The van der Waals surface area contributed by atoms with Crippen molar-refractivity contribution in [2.75, 3.05) is 18.1 Å². The van der Waals surface area contributed by atoms with E-state index in [4.69, 9.17) is 0 Å². The first kappa shape index (κ1) is 12.7. The van der Waals surface area contributed by atoms with Crippen molar-refractivity contribution in [3.8, 4) is 0 Å². The third-order valence-corrected chi connectivity index (χ3v) is 4.01. The van der Waals surface area contributed by atoms with Crippen LogP contribution in [0.2, 0.25) is 0 Å². The second-order valence-corrected chi connectivity index (χ2v) is 5.66. The highest BCUT2D eigenvalue weighted by atomic mass is 32.2. The molecular weight excluding hydrogens is 226 g/mol. The first-order chi connectivity index (χ1) is 8.42. The van der Waals surface area contributed by atoms with Crippen LogP contribution < -0.4 is 5.32 Å². The first-order valence-electron chi connectivity index (χ1n) is 6.39. The standard InChI is InChI=1S/C15H21NS/c1-2-10-17-11-9-16-12-14-5-3-4-6-15(14)13-7-8-13/h2-6,13,16H,1,7-12H2. The lowest BCUT2D eigenvalue weighted by Gasteiger charge is -2.09. The van der Waals surface area contributed by atoms with Crippen LogP contribution in [0.1, 0.15) is 29.9 Å². The van der Waals surface area contributed by atoms with E-state index in [0.717, 1.165) is 30.5 Å². The molecule has 0 spiro atoms. The average Bonchev–Trinajstić information content (AvgIpc) is 3.18. The minimum Gasteiger partial charge on any atom is -0.312 e. The van der Waals surface area contributed by atoms with E-state index in [2.05, 4.69) is 36.2 Å². The van der Waals surface area contributed by atoms with Gasteiger partial charge in [0.1, 0.15) is 0 Å². The Balaban J connectivity index is 1.73. The highest BCUT2D eigenvalue weighted by Crippen LogP contribution is 2.41. The van der Waals surface area contributed by atoms with Gasteiger partial charge in [-0.25, -0.2) is 0 Å². The lowest BCUT2D eigenvalue weighted by molar-refractivity contribution is 0.725. The summed E-state index contributed by atoms with van der Waals surface area (Å²) in [5.74, 6) is 3.07. The van der Waals surface area contributed by atoms with E-state index in [0.29, 0.717) is 0 Å². The lowest BCUT2D eigenvalue weighted by Crippen LogP contribution is -2.17. The van der Waals surface area contributed by atoms with Gasteiger partial charge in [-0.05, 0) is 29.9 Å². The predicted octanol–water partition coefficient (Wildman–Crippen LogP) is 3.57. The molecule has 1 aromatic carbocycles. The summed E-state index contributed by atoms with van der Waals surface area (Å²) in [7, 11) is 0. The number of nitrogens with one attached hydrogen (secondary N) is 1. The van der Waals surface area contributed by atoms with Crippen LogP contribution in [0.4, 0.5) is 0 Å². The van der Waals surface area contributed by atoms with E-state index in [1.54, 1.807) is 5.56 Å². The highest BCUT2D eigenvalue weighted by Gasteiger charge is 2.25. The van der Waals surface area contributed by atoms with Crippen LogP contribution >= 0.6 is 11.8 Å². The maximum atomic E-state index is 3.72. The van der Waals surface area contributed by atoms with E-state index in [9.17, 15) is 0 Å². The molecule has 0 radical (unpaired) electrons. The SMILES string of the molecule is C=CCSCCNCc1ccccc1C1CC1. The number of hydrogen-bond acceptors (Lipinski definition) is 2. The quantitative estimate of drug-likeness (QED) is 0.557. The molecule has 1 N–H and O–H groups in total. The molecule has 1 saturated carbocycles. The minimum absolute atomic E-state index is 0.850. The lowest BCUT2D eigenvalue weighted by atomic mass is 10.0. The fourth-order valence-corrected chi connectivity index (χ4v) is 2.64. The maximum absolute atomic E-state index is 3.72. The zero-order valence-electron chi connectivity index (χ0n) is 10.3. The van der Waals surface area contributed by atoms with E-state index < -0.39 is 0 Å². The van der Waals surface area contributed by atoms with Crippen LogP contribution in [0.25, 0.3) is 0 Å². The average molecular weight is 247 g/mol. The summed E-state index contributed by atoms with van der Waals surface area (Å²) < 4.78 is 0. The summed E-state index contributed by atoms with van der Waals surface area (Å²) in [5.41, 5.74) is 3.06. The van der Waals surface area contributed by atoms with Crippen LogP contribution in [0.15, 0.2) is 36.9 Å². The van der Waals surface area contributed by atoms with Crippen molar-refractivity contribution < 1.29 is 0 Å². The summed E-state index contributed by atoms with van der Waals surface area (Å²) in [6.45, 7) is 5.82. The van der Waals surface area contributed by atoms with Crippen LogP contribution in [-0.4, -0.2) is 18.1 Å². The highest BCUT2D eigenvalue weighted by molar-refractivity contribution is 7.99. The molecule has 1 fully saturated rings. The Morgan fingerprint density at radius 3 is 2.94 bits per heavy atom. The second kappa shape index (κ2) is 6.87. The van der Waals surface area contributed by atoms with Crippen molar-refractivity contribution in [2.24, 2.45) is 0 Å². The summed E-state index contributed by atoms with van der Waals surface area (Å²) in [4.78, 5) is 0. The Hall–Kier alpha value is -0.730. The largest absolute Gasteiger partial charge is 0.312 e. The van der Waals surface area contributed by atoms with E-state index in [-0.39, 0.29) is 0 Å². The smallest absolute Gasteiger partial charge is 0.0208 e. The van der Waals surface area contributed by atoms with Crippen LogP contribution in [-0.2, 0) is 6.54 Å². The van der Waals surface area contributed by atoms with Gasteiger partial charge in [-0.2, -0.15) is 11.8 Å². The maximum Gasteiger partial charge on any atom is 0.0208 e. The first-order valence-corrected chi connectivity index (χ1v) is 7.54. The molecule has 0 bridgehead atoms. The molecule has 2 heteroatoms. The number of hydrogen-bond donors (Lipinski definition) is 1. The summed E-state index contributed by atoms with van der Waals surface area (Å²) >= 11 is 1.93. The molecule has 2 rings (SSSR count). The monoisotopic (exact) mass is 247 g/mol. The van der Waals surface area contributed by atoms with Crippen molar-refractivity contribution in [3.63, 3.8) is 0 Å². The molecule has 0 aliphatic heterocycles. The molecule has 1 nitrogen and oxygen atoms in total. The van der Waals surface area contributed by atoms with Gasteiger partial charge in [-0.3, -0.25) is 0 Å². The fraction of sp³-hybridized carbons (Fsp3) is 0.467. The Morgan fingerprint density at radius 2 is 2.18 bits per heavy atom. The second-order valence-electron chi connectivity index (χ2n) is 4.51. The van der Waals surface area contributed by atoms with Crippen LogP contribution in [0.5, 0.6) is 0 Å². The predicted molar refractivity (Wildman–Crippen MR) is 77.6 cm³/mol. The van der Waals surface area contributed by atoms with Crippen LogP contribution in [0.3, 0.4) is 0 Å². The summed E-state index contributed by atoms with van der Waals surface area (Å²) in [6.07, 6.45) is 4.73. The number of thioether (sulfide) groups is 1. The molecule has 0 aromatic heterocycles. The zero-order chi connectivity index (χ0) is 11.9. The Bertz CT molecular complexity index is 358. The number of rotatable bonds is 8. The van der Waals surface area contributed by atoms with Gasteiger partial charge in [-0.15, -0.1) is 6.58 Å². The Kier molecular flexibility index (Phi) is 5.14. The van der Waals surface area contributed by atoms with E-state index in [1.807, 2.05) is 17.8 Å². The van der Waals surface area contributed by atoms with Crippen molar-refractivity contribution in [3.05, 3.63) is 48.0 Å². The van der Waals surface area contributed by atoms with Crippen molar-refractivity contribution in [1.29, 1.82) is 0 Å². The van der Waals surface area contributed by atoms with Gasteiger partial charge in [0.05, 0.1) is 0 Å². The molecule has 0 atom stereocenters. The number of benzene rings is 1. The van der Waals surface area contributed by atoms with Crippen molar-refractivity contribution in [1.82, 2.24) is 5.32 Å². The Labute approximate surface area is 109 Å². The molecular formula is C15H21NS. The molecule has 1 aliphatic rings. The van der Waals surface area contributed by atoms with Gasteiger partial charge in [-0.1, -0.05) is 30.3 Å². The topological polar surface area (TPSA) is 12.0 Å². The molecule has 0 unspecified atom stereocenters. The van der Waals surface area contributed by atoms with Crippen LogP contribution in [0, 0.1) is 0 Å². The van der Waals surface area contributed by atoms with Gasteiger partial charge in [0.25, 0.3) is 0 Å². The molecule has 1 aromatic rings. The molecule has 0 heterocycles. The van der Waals surface area contributed by atoms with Gasteiger partial charge < -0.3 is 5.32 Å². The summed E-state index contributed by atoms with van der Waals surface area (Å²) in [6, 6.07) is 8.87. The summed E-state index contributed by atoms with van der Waals surface area (Å²) in [5, 5.41) is 3.53. The third kappa shape index (κ3) is 4.21. The van der Waals surface area contributed by atoms with Gasteiger partial charge in [0.2, 0.25) is 0 Å². The van der Waals surface area contributed by atoms with E-state index in [1.165, 1.54) is 18.4 Å². The molecule has 1 aliphatic carbocycles. The van der Waals surface area contributed by atoms with Gasteiger partial charge in [0, 0.05) is 24.6 Å². The minimum atomic E-state index is 0.850. The molecule has 0 amide bonds. The third-order valence-electron chi connectivity index (χ3n) is 3.05. The van der Waals surface area contributed by atoms with Crippen molar-refractivity contribution in [2.45, 2.75) is 25.3 Å². The van der Waals surface area contributed by atoms with Gasteiger partial charge >= 0.3 is 0 Å².